The summed E-state index contributed by atoms with van der Waals surface area (Å²) in [6.45, 7) is 4.58. The van der Waals surface area contributed by atoms with Crippen molar-refractivity contribution in [2.45, 2.75) is 13.8 Å². The van der Waals surface area contributed by atoms with Crippen molar-refractivity contribution in [2.75, 3.05) is 13.6 Å². The maximum atomic E-state index is 6.46. The average molecular weight is 639 g/mol. The summed E-state index contributed by atoms with van der Waals surface area (Å²) < 4.78 is 25.3. The van der Waals surface area contributed by atoms with Gasteiger partial charge in [-0.2, -0.15) is 0 Å². The van der Waals surface area contributed by atoms with Crippen molar-refractivity contribution in [1.29, 1.82) is 0 Å². The van der Waals surface area contributed by atoms with Gasteiger partial charge < -0.3 is 18.9 Å². The Labute approximate surface area is 272 Å². The Morgan fingerprint density at radius 1 is 0.391 bits per heavy atom. The Morgan fingerprint density at radius 3 is 0.978 bits per heavy atom. The molecule has 0 radical (unpaired) electrons. The van der Waals surface area contributed by atoms with Crippen LogP contribution in [0.25, 0.3) is 11.1 Å². The van der Waals surface area contributed by atoms with E-state index in [9.17, 15) is 0 Å². The second kappa shape index (κ2) is 12.3. The second-order valence-electron chi connectivity index (χ2n) is 11.3. The Balaban J connectivity index is 1.50. The van der Waals surface area contributed by atoms with E-state index in [0.29, 0.717) is 0 Å². The number of fused-ring (bicyclic) bond motifs is 2. The Hall–Kier alpha value is -4.62. The molecule has 0 aliphatic carbocycles. The molecule has 8 rings (SSSR count). The highest BCUT2D eigenvalue weighted by Gasteiger charge is 2.37. The molecule has 0 fully saturated rings. The highest BCUT2D eigenvalue weighted by atomic mass is 31.1. The molecule has 0 saturated carbocycles. The van der Waals surface area contributed by atoms with Crippen molar-refractivity contribution in [2.24, 2.45) is 0 Å². The average Bonchev–Trinajstić information content (AvgIpc) is 3.80. The van der Waals surface area contributed by atoms with Crippen molar-refractivity contribution < 1.29 is 18.9 Å². The van der Waals surface area contributed by atoms with Gasteiger partial charge in [-0.1, -0.05) is 121 Å². The summed E-state index contributed by atoms with van der Waals surface area (Å²) in [5.41, 5.74) is 4.16. The Bertz CT molecular complexity index is 1790. The third-order valence-corrected chi connectivity index (χ3v) is 13.3. The SMILES string of the molecule is Cc1cc(P(c2ccccc2)c2ccccc2)c(-c2c(P(c3ccccc3)c3ccccc3)cc(C)c3c2OCO3)c2c1OCO2. The summed E-state index contributed by atoms with van der Waals surface area (Å²) in [4.78, 5) is 0. The maximum absolute atomic E-state index is 6.46. The quantitative estimate of drug-likeness (QED) is 0.178. The van der Waals surface area contributed by atoms with E-state index in [1.54, 1.807) is 0 Å². The highest BCUT2D eigenvalue weighted by molar-refractivity contribution is 7.80. The minimum Gasteiger partial charge on any atom is -0.453 e. The summed E-state index contributed by atoms with van der Waals surface area (Å²) >= 11 is 0. The maximum Gasteiger partial charge on any atom is 0.231 e. The molecule has 0 unspecified atom stereocenters. The first-order valence-corrected chi connectivity index (χ1v) is 18.0. The number of hydrogen-bond acceptors (Lipinski definition) is 4. The lowest BCUT2D eigenvalue weighted by atomic mass is 9.98. The topological polar surface area (TPSA) is 36.9 Å². The molecule has 4 nitrogen and oxygen atoms in total. The molecule has 46 heavy (non-hydrogen) atoms. The Morgan fingerprint density at radius 2 is 0.674 bits per heavy atom. The van der Waals surface area contributed by atoms with Crippen LogP contribution in [-0.2, 0) is 0 Å². The van der Waals surface area contributed by atoms with Crippen LogP contribution in [0, 0.1) is 13.8 Å². The zero-order valence-corrected chi connectivity index (χ0v) is 27.4. The van der Waals surface area contributed by atoms with Crippen LogP contribution in [0.3, 0.4) is 0 Å². The molecule has 0 bridgehead atoms. The van der Waals surface area contributed by atoms with Crippen LogP contribution < -0.4 is 50.8 Å². The molecular formula is C40H32O4P2. The summed E-state index contributed by atoms with van der Waals surface area (Å²) in [6, 6.07) is 47.9. The van der Waals surface area contributed by atoms with E-state index in [0.717, 1.165) is 45.3 Å². The van der Waals surface area contributed by atoms with Gasteiger partial charge in [0.1, 0.15) is 0 Å². The van der Waals surface area contributed by atoms with Gasteiger partial charge in [-0.05, 0) is 84.8 Å². The molecule has 6 aromatic carbocycles. The lowest BCUT2D eigenvalue weighted by Crippen LogP contribution is -2.26. The zero-order valence-electron chi connectivity index (χ0n) is 25.6. The van der Waals surface area contributed by atoms with Crippen LogP contribution in [0.1, 0.15) is 11.1 Å². The first kappa shape index (κ1) is 28.8. The van der Waals surface area contributed by atoms with Crippen molar-refractivity contribution in [3.63, 3.8) is 0 Å². The van der Waals surface area contributed by atoms with E-state index >= 15 is 0 Å². The van der Waals surface area contributed by atoms with E-state index in [1.165, 1.54) is 31.8 Å². The van der Waals surface area contributed by atoms with E-state index in [-0.39, 0.29) is 13.6 Å². The normalized spacial score (nSPS) is 13.0. The molecule has 0 N–H and O–H groups in total. The third kappa shape index (κ3) is 5.03. The molecule has 6 heteroatoms. The van der Waals surface area contributed by atoms with Crippen LogP contribution in [0.4, 0.5) is 0 Å². The first-order valence-electron chi connectivity index (χ1n) is 15.4. The lowest BCUT2D eigenvalue weighted by Gasteiger charge is -2.28. The van der Waals surface area contributed by atoms with Crippen LogP contribution in [0.2, 0.25) is 0 Å². The van der Waals surface area contributed by atoms with Gasteiger partial charge in [0.15, 0.2) is 23.0 Å². The van der Waals surface area contributed by atoms with E-state index in [2.05, 4.69) is 147 Å². The third-order valence-electron chi connectivity index (χ3n) is 8.40. The van der Waals surface area contributed by atoms with Crippen molar-refractivity contribution in [3.8, 4) is 34.1 Å². The van der Waals surface area contributed by atoms with Gasteiger partial charge in [0.25, 0.3) is 0 Å². The standard InChI is InChI=1S/C40H32O4P2/c1-27-23-33(45(29-15-7-3-8-16-29)30-17-9-4-10-18-30)35(39-37(27)41-25-43-39)36-34(24-28(2)38-40(36)44-26-42-38)46(31-19-11-5-12-20-31)32-21-13-6-14-22-32/h3-24H,25-26H2,1-2H3. The number of aryl methyl sites for hydroxylation is 2. The fraction of sp³-hybridized carbons (Fsp3) is 0.100. The van der Waals surface area contributed by atoms with Gasteiger partial charge in [-0.3, -0.25) is 0 Å². The predicted molar refractivity (Wildman–Crippen MR) is 191 cm³/mol. The van der Waals surface area contributed by atoms with Gasteiger partial charge in [0.05, 0.1) is 0 Å². The molecule has 0 amide bonds. The second-order valence-corrected chi connectivity index (χ2v) is 15.7. The molecule has 0 spiro atoms. The van der Waals surface area contributed by atoms with Gasteiger partial charge in [0.2, 0.25) is 13.6 Å². The van der Waals surface area contributed by atoms with E-state index in [1.807, 2.05) is 0 Å². The minimum absolute atomic E-state index is 0.175. The fourth-order valence-electron chi connectivity index (χ4n) is 6.43. The van der Waals surface area contributed by atoms with Gasteiger partial charge in [-0.15, -0.1) is 0 Å². The van der Waals surface area contributed by atoms with Crippen molar-refractivity contribution >= 4 is 47.7 Å². The number of hydrogen-bond donors (Lipinski definition) is 0. The molecule has 0 saturated heterocycles. The molecule has 0 atom stereocenters. The number of ether oxygens (including phenoxy) is 4. The Kier molecular flexibility index (Phi) is 7.70. The van der Waals surface area contributed by atoms with Crippen LogP contribution in [0.5, 0.6) is 23.0 Å². The van der Waals surface area contributed by atoms with Crippen LogP contribution in [-0.4, -0.2) is 13.6 Å². The summed E-state index contributed by atoms with van der Waals surface area (Å²) in [6.07, 6.45) is 0. The van der Waals surface area contributed by atoms with Gasteiger partial charge in [-0.25, -0.2) is 0 Å². The minimum atomic E-state index is -0.992. The van der Waals surface area contributed by atoms with Gasteiger partial charge in [0, 0.05) is 11.1 Å². The van der Waals surface area contributed by atoms with E-state index in [4.69, 9.17) is 18.9 Å². The van der Waals surface area contributed by atoms with E-state index < -0.39 is 15.8 Å². The number of benzene rings is 6. The largest absolute Gasteiger partial charge is 0.453 e. The smallest absolute Gasteiger partial charge is 0.231 e. The highest BCUT2D eigenvalue weighted by Crippen LogP contribution is 2.55. The summed E-state index contributed by atoms with van der Waals surface area (Å²) in [5.74, 6) is 3.12. The zero-order chi connectivity index (χ0) is 31.0. The molecule has 2 heterocycles. The molecule has 6 aromatic rings. The van der Waals surface area contributed by atoms with Gasteiger partial charge >= 0.3 is 0 Å². The van der Waals surface area contributed by atoms with Crippen molar-refractivity contribution in [3.05, 3.63) is 145 Å². The monoisotopic (exact) mass is 638 g/mol. The summed E-state index contributed by atoms with van der Waals surface area (Å²) in [5, 5.41) is 7.46. The predicted octanol–water partition coefficient (Wildman–Crippen LogP) is 6.94. The first-order chi connectivity index (χ1) is 22.7. The molecule has 226 valence electrons. The molecule has 0 aromatic heterocycles. The molecule has 2 aliphatic heterocycles. The van der Waals surface area contributed by atoms with Crippen LogP contribution in [0.15, 0.2) is 133 Å². The van der Waals surface area contributed by atoms with Crippen molar-refractivity contribution in [1.82, 2.24) is 0 Å². The van der Waals surface area contributed by atoms with Crippen LogP contribution >= 0.6 is 15.8 Å². The fourth-order valence-corrected chi connectivity index (χ4v) is 11.5. The molecule has 2 aliphatic rings. The summed E-state index contributed by atoms with van der Waals surface area (Å²) in [7, 11) is -1.98. The molecular weight excluding hydrogens is 606 g/mol. The number of rotatable bonds is 7. The lowest BCUT2D eigenvalue weighted by molar-refractivity contribution is 0.172.